The molecule has 0 aliphatic rings. The molecule has 0 atom stereocenters. The molecule has 8 nitrogen and oxygen atoms in total. The van der Waals surface area contributed by atoms with Crippen LogP contribution in [0.3, 0.4) is 0 Å². The van der Waals surface area contributed by atoms with Gasteiger partial charge in [0.05, 0.1) is 16.2 Å². The summed E-state index contributed by atoms with van der Waals surface area (Å²) in [5.74, 6) is 2.18. The Balaban J connectivity index is 1.43. The van der Waals surface area contributed by atoms with Crippen molar-refractivity contribution in [3.8, 4) is 11.3 Å². The van der Waals surface area contributed by atoms with Crippen LogP contribution in [0, 0.1) is 0 Å². The Morgan fingerprint density at radius 3 is 2.83 bits per heavy atom. The average molecular weight is 423 g/mol. The molecular formula is C19H15ClN8S. The number of nitrogens with zero attached hydrogens (tertiary/aromatic N) is 7. The van der Waals surface area contributed by atoms with E-state index >= 15 is 0 Å². The van der Waals surface area contributed by atoms with E-state index in [2.05, 4.69) is 30.6 Å². The molecule has 0 spiro atoms. The van der Waals surface area contributed by atoms with Crippen molar-refractivity contribution in [2.75, 3.05) is 5.32 Å². The largest absolute Gasteiger partial charge is 0.309 e. The summed E-state index contributed by atoms with van der Waals surface area (Å²) in [7, 11) is 1.85. The standard InChI is InChI=1S/C19H15ClN8S/c1-27-16(5-8-22-27)24-19-21-7-4-14(23-19)12-6-9-28-17(10-12)25-26-18(28)11-13-2-3-15(20)29-13/h2-10H,11H2,1H3,(H,21,23,24). The first-order valence-electron chi connectivity index (χ1n) is 8.82. The quantitative estimate of drug-likeness (QED) is 0.461. The minimum Gasteiger partial charge on any atom is -0.309 e. The minimum atomic E-state index is 0.503. The zero-order valence-electron chi connectivity index (χ0n) is 15.3. The van der Waals surface area contributed by atoms with E-state index in [0.717, 1.165) is 37.8 Å². The van der Waals surface area contributed by atoms with E-state index in [-0.39, 0.29) is 0 Å². The fourth-order valence-electron chi connectivity index (χ4n) is 3.01. The summed E-state index contributed by atoms with van der Waals surface area (Å²) in [6.45, 7) is 0. The van der Waals surface area contributed by atoms with Crippen LogP contribution in [0.5, 0.6) is 0 Å². The predicted octanol–water partition coefficient (Wildman–Crippen LogP) is 3.97. The number of aryl methyl sites for hydroxylation is 1. The molecule has 0 bridgehead atoms. The molecule has 5 heterocycles. The molecule has 0 saturated heterocycles. The topological polar surface area (TPSA) is 85.8 Å². The number of thiophene rings is 1. The summed E-state index contributed by atoms with van der Waals surface area (Å²) < 4.78 is 4.48. The van der Waals surface area contributed by atoms with Gasteiger partial charge in [-0.15, -0.1) is 21.5 Å². The number of anilines is 2. The lowest BCUT2D eigenvalue weighted by Gasteiger charge is -2.07. The summed E-state index contributed by atoms with van der Waals surface area (Å²) in [6, 6.07) is 11.6. The van der Waals surface area contributed by atoms with Gasteiger partial charge in [0.15, 0.2) is 5.65 Å². The highest BCUT2D eigenvalue weighted by molar-refractivity contribution is 7.16. The van der Waals surface area contributed by atoms with Gasteiger partial charge in [0.2, 0.25) is 5.95 Å². The maximum atomic E-state index is 6.03. The second-order valence-electron chi connectivity index (χ2n) is 6.37. The molecule has 5 aromatic heterocycles. The summed E-state index contributed by atoms with van der Waals surface area (Å²) >= 11 is 7.58. The van der Waals surface area contributed by atoms with Crippen LogP contribution in [0.4, 0.5) is 11.8 Å². The fourth-order valence-corrected chi connectivity index (χ4v) is 4.10. The Kier molecular flexibility index (Phi) is 4.45. The number of pyridine rings is 1. The van der Waals surface area contributed by atoms with Gasteiger partial charge in [-0.25, -0.2) is 9.97 Å². The molecule has 0 aromatic carbocycles. The number of halogens is 1. The molecule has 144 valence electrons. The van der Waals surface area contributed by atoms with Gasteiger partial charge in [0.1, 0.15) is 11.6 Å². The minimum absolute atomic E-state index is 0.503. The van der Waals surface area contributed by atoms with Crippen molar-refractivity contribution in [3.05, 3.63) is 70.0 Å². The van der Waals surface area contributed by atoms with Crippen molar-refractivity contribution in [1.29, 1.82) is 0 Å². The van der Waals surface area contributed by atoms with Crippen LogP contribution in [0.25, 0.3) is 16.9 Å². The van der Waals surface area contributed by atoms with Gasteiger partial charge in [-0.1, -0.05) is 11.6 Å². The molecule has 0 saturated carbocycles. The maximum absolute atomic E-state index is 6.03. The Morgan fingerprint density at radius 2 is 2.03 bits per heavy atom. The Labute approximate surface area is 174 Å². The van der Waals surface area contributed by atoms with E-state index < -0.39 is 0 Å². The SMILES string of the molecule is Cn1nccc1Nc1nccc(-c2ccn3c(Cc4ccc(Cl)s4)nnc3c2)n1. The number of aromatic nitrogens is 7. The summed E-state index contributed by atoms with van der Waals surface area (Å²) in [4.78, 5) is 10.0. The third-order valence-electron chi connectivity index (χ3n) is 4.45. The van der Waals surface area contributed by atoms with Crippen molar-refractivity contribution in [3.63, 3.8) is 0 Å². The van der Waals surface area contributed by atoms with E-state index in [1.54, 1.807) is 28.4 Å². The molecule has 0 aliphatic heterocycles. The van der Waals surface area contributed by atoms with E-state index in [1.165, 1.54) is 0 Å². The van der Waals surface area contributed by atoms with Gasteiger partial charge in [-0.3, -0.25) is 9.08 Å². The monoisotopic (exact) mass is 422 g/mol. The van der Waals surface area contributed by atoms with Gasteiger partial charge in [0.25, 0.3) is 0 Å². The van der Waals surface area contributed by atoms with Crippen molar-refractivity contribution in [2.45, 2.75) is 6.42 Å². The van der Waals surface area contributed by atoms with Crippen LogP contribution < -0.4 is 5.32 Å². The molecule has 29 heavy (non-hydrogen) atoms. The van der Waals surface area contributed by atoms with Gasteiger partial charge in [-0.2, -0.15) is 5.10 Å². The number of fused-ring (bicyclic) bond motifs is 1. The van der Waals surface area contributed by atoms with Crippen LogP contribution in [0.15, 0.2) is 55.0 Å². The molecule has 0 aliphatic carbocycles. The van der Waals surface area contributed by atoms with Crippen molar-refractivity contribution in [1.82, 2.24) is 34.3 Å². The molecule has 10 heteroatoms. The number of hydrogen-bond acceptors (Lipinski definition) is 7. The van der Waals surface area contributed by atoms with Crippen LogP contribution in [-0.2, 0) is 13.5 Å². The molecule has 5 aromatic rings. The Bertz CT molecular complexity index is 1300. The van der Waals surface area contributed by atoms with Gasteiger partial charge < -0.3 is 5.32 Å². The highest BCUT2D eigenvalue weighted by atomic mass is 35.5. The van der Waals surface area contributed by atoms with Crippen molar-refractivity contribution < 1.29 is 0 Å². The maximum Gasteiger partial charge on any atom is 0.228 e. The lowest BCUT2D eigenvalue weighted by molar-refractivity contribution is 0.775. The Morgan fingerprint density at radius 1 is 1.10 bits per heavy atom. The van der Waals surface area contributed by atoms with Crippen LogP contribution in [0.1, 0.15) is 10.7 Å². The number of hydrogen-bond donors (Lipinski definition) is 1. The fraction of sp³-hybridized carbons (Fsp3) is 0.105. The van der Waals surface area contributed by atoms with E-state index in [4.69, 9.17) is 11.6 Å². The molecule has 0 unspecified atom stereocenters. The zero-order chi connectivity index (χ0) is 19.8. The smallest absolute Gasteiger partial charge is 0.228 e. The van der Waals surface area contributed by atoms with Crippen LogP contribution in [-0.4, -0.2) is 34.3 Å². The summed E-state index contributed by atoms with van der Waals surface area (Å²) in [6.07, 6.45) is 6.09. The summed E-state index contributed by atoms with van der Waals surface area (Å²) in [5, 5.41) is 16.0. The van der Waals surface area contributed by atoms with E-state index in [9.17, 15) is 0 Å². The second kappa shape index (κ2) is 7.26. The number of nitrogens with one attached hydrogen (secondary N) is 1. The first kappa shape index (κ1) is 17.8. The van der Waals surface area contributed by atoms with Gasteiger partial charge >= 0.3 is 0 Å². The van der Waals surface area contributed by atoms with Gasteiger partial charge in [-0.05, 0) is 30.3 Å². The van der Waals surface area contributed by atoms with Crippen molar-refractivity contribution in [2.24, 2.45) is 7.05 Å². The first-order valence-corrected chi connectivity index (χ1v) is 10.0. The molecule has 1 N–H and O–H groups in total. The average Bonchev–Trinajstić information content (AvgIpc) is 3.44. The first-order chi connectivity index (χ1) is 14.2. The third kappa shape index (κ3) is 3.57. The molecule has 0 fully saturated rings. The van der Waals surface area contributed by atoms with Crippen LogP contribution >= 0.6 is 22.9 Å². The molecular weight excluding hydrogens is 408 g/mol. The van der Waals surface area contributed by atoms with E-state index in [1.807, 2.05) is 54.0 Å². The summed E-state index contributed by atoms with van der Waals surface area (Å²) in [5.41, 5.74) is 2.49. The number of rotatable bonds is 5. The molecule has 5 rings (SSSR count). The van der Waals surface area contributed by atoms with Crippen molar-refractivity contribution >= 4 is 40.4 Å². The van der Waals surface area contributed by atoms with Gasteiger partial charge in [0, 0.05) is 42.4 Å². The predicted molar refractivity (Wildman–Crippen MR) is 113 cm³/mol. The Hall–Kier alpha value is -3.30. The normalized spacial score (nSPS) is 11.2. The third-order valence-corrected chi connectivity index (χ3v) is 5.69. The zero-order valence-corrected chi connectivity index (χ0v) is 16.9. The second-order valence-corrected chi connectivity index (χ2v) is 8.17. The molecule has 0 radical (unpaired) electrons. The van der Waals surface area contributed by atoms with Crippen LogP contribution in [0.2, 0.25) is 4.34 Å². The highest BCUT2D eigenvalue weighted by Gasteiger charge is 2.11. The van der Waals surface area contributed by atoms with E-state index in [0.29, 0.717) is 12.4 Å². The molecule has 0 amide bonds. The lowest BCUT2D eigenvalue weighted by Crippen LogP contribution is -2.03. The highest BCUT2D eigenvalue weighted by Crippen LogP contribution is 2.25. The lowest BCUT2D eigenvalue weighted by atomic mass is 10.2.